The van der Waals surface area contributed by atoms with Gasteiger partial charge in [-0.25, -0.2) is 0 Å². The van der Waals surface area contributed by atoms with Crippen LogP contribution in [0.1, 0.15) is 19.8 Å². The zero-order valence-corrected chi connectivity index (χ0v) is 14.5. The third-order valence-corrected chi connectivity index (χ3v) is 5.65. The molecule has 0 spiro atoms. The van der Waals surface area contributed by atoms with Crippen LogP contribution in [0, 0.1) is 5.92 Å². The number of carbonyl (C=O) groups excluding carboxylic acids is 1. The van der Waals surface area contributed by atoms with E-state index in [1.807, 2.05) is 6.92 Å². The standard InChI is InChI=1S/C16H22N4O3S/c1-2-17-16(21)12-6-5-9-20(10-12)11-15-18-13-7-3-4-8-14(13)24(22,23)19-15/h3-4,7-8,12H,2,5-6,9-11H2,1H3,(H,17,21)(H,18,19). The minimum absolute atomic E-state index is 0.0493. The molecular weight excluding hydrogens is 328 g/mol. The number of rotatable bonds is 4. The molecule has 3 rings (SSSR count). The van der Waals surface area contributed by atoms with Gasteiger partial charge in [-0.05, 0) is 38.4 Å². The molecule has 7 nitrogen and oxygen atoms in total. The van der Waals surface area contributed by atoms with E-state index in [2.05, 4.69) is 19.9 Å². The van der Waals surface area contributed by atoms with Crippen LogP contribution in [-0.4, -0.2) is 51.2 Å². The van der Waals surface area contributed by atoms with Crippen LogP contribution in [0.5, 0.6) is 0 Å². The van der Waals surface area contributed by atoms with Crippen LogP contribution < -0.4 is 10.6 Å². The summed E-state index contributed by atoms with van der Waals surface area (Å²) < 4.78 is 28.4. The lowest BCUT2D eigenvalue weighted by Crippen LogP contribution is -2.46. The molecule has 0 aliphatic carbocycles. The Labute approximate surface area is 142 Å². The molecule has 1 atom stereocenters. The molecule has 0 radical (unpaired) electrons. The van der Waals surface area contributed by atoms with Gasteiger partial charge in [0, 0.05) is 13.1 Å². The number of nitrogens with one attached hydrogen (secondary N) is 2. The Hall–Kier alpha value is -1.93. The second-order valence-corrected chi connectivity index (χ2v) is 7.68. The number of nitrogens with zero attached hydrogens (tertiary/aromatic N) is 2. The van der Waals surface area contributed by atoms with Gasteiger partial charge in [0.25, 0.3) is 10.0 Å². The van der Waals surface area contributed by atoms with Crippen LogP contribution in [0.15, 0.2) is 33.6 Å². The third-order valence-electron chi connectivity index (χ3n) is 4.27. The van der Waals surface area contributed by atoms with Gasteiger partial charge in [-0.1, -0.05) is 12.1 Å². The first-order chi connectivity index (χ1) is 11.5. The van der Waals surface area contributed by atoms with E-state index < -0.39 is 10.0 Å². The minimum Gasteiger partial charge on any atom is -0.356 e. The van der Waals surface area contributed by atoms with E-state index in [9.17, 15) is 13.2 Å². The molecule has 2 aliphatic heterocycles. The maximum atomic E-state index is 12.3. The van der Waals surface area contributed by atoms with E-state index in [0.717, 1.165) is 19.4 Å². The average molecular weight is 350 g/mol. The number of hydrogen-bond donors (Lipinski definition) is 2. The number of amides is 1. The van der Waals surface area contributed by atoms with Gasteiger partial charge in [0.05, 0.1) is 18.2 Å². The van der Waals surface area contributed by atoms with Crippen molar-refractivity contribution in [3.63, 3.8) is 0 Å². The molecule has 2 aliphatic rings. The highest BCUT2D eigenvalue weighted by Crippen LogP contribution is 2.27. The third kappa shape index (κ3) is 3.59. The van der Waals surface area contributed by atoms with Crippen molar-refractivity contribution in [1.82, 2.24) is 10.2 Å². The monoisotopic (exact) mass is 350 g/mol. The molecule has 1 aromatic rings. The maximum Gasteiger partial charge on any atom is 0.286 e. The van der Waals surface area contributed by atoms with Crippen molar-refractivity contribution in [2.45, 2.75) is 24.7 Å². The summed E-state index contributed by atoms with van der Waals surface area (Å²) in [6.45, 7) is 4.37. The fourth-order valence-corrected chi connectivity index (χ4v) is 4.32. The van der Waals surface area contributed by atoms with Crippen LogP contribution in [0.2, 0.25) is 0 Å². The minimum atomic E-state index is -3.66. The number of para-hydroxylation sites is 1. The highest BCUT2D eigenvalue weighted by atomic mass is 32.2. The lowest BCUT2D eigenvalue weighted by Gasteiger charge is -2.32. The van der Waals surface area contributed by atoms with Crippen LogP contribution >= 0.6 is 0 Å². The maximum absolute atomic E-state index is 12.3. The van der Waals surface area contributed by atoms with Crippen molar-refractivity contribution in [1.29, 1.82) is 0 Å². The normalized spacial score (nSPS) is 22.9. The molecule has 2 N–H and O–H groups in total. The first-order valence-electron chi connectivity index (χ1n) is 8.19. The average Bonchev–Trinajstić information content (AvgIpc) is 2.55. The summed E-state index contributed by atoms with van der Waals surface area (Å²) in [5.74, 6) is 0.427. The Balaban J connectivity index is 1.71. The second kappa shape index (κ2) is 6.90. The van der Waals surface area contributed by atoms with Crippen LogP contribution in [0.4, 0.5) is 5.69 Å². The number of likely N-dealkylation sites (tertiary alicyclic amines) is 1. The summed E-state index contributed by atoms with van der Waals surface area (Å²) in [4.78, 5) is 14.3. The lowest BCUT2D eigenvalue weighted by molar-refractivity contribution is -0.126. The van der Waals surface area contributed by atoms with Crippen LogP contribution in [0.25, 0.3) is 0 Å². The van der Waals surface area contributed by atoms with Gasteiger partial charge < -0.3 is 10.6 Å². The molecule has 0 saturated carbocycles. The van der Waals surface area contributed by atoms with E-state index in [1.54, 1.807) is 24.3 Å². The molecule has 0 bridgehead atoms. The fraction of sp³-hybridized carbons (Fsp3) is 0.500. The number of sulfonamides is 1. The van der Waals surface area contributed by atoms with Gasteiger partial charge in [0.1, 0.15) is 10.7 Å². The Bertz CT molecular complexity index is 760. The van der Waals surface area contributed by atoms with Crippen LogP contribution in [0.3, 0.4) is 0 Å². The molecule has 1 unspecified atom stereocenters. The summed E-state index contributed by atoms with van der Waals surface area (Å²) in [6, 6.07) is 6.75. The summed E-state index contributed by atoms with van der Waals surface area (Å²) in [6.07, 6.45) is 1.78. The van der Waals surface area contributed by atoms with E-state index in [-0.39, 0.29) is 16.7 Å². The fourth-order valence-electron chi connectivity index (χ4n) is 3.18. The second-order valence-electron chi connectivity index (χ2n) is 6.10. The van der Waals surface area contributed by atoms with Crippen molar-refractivity contribution in [2.24, 2.45) is 10.3 Å². The Morgan fingerprint density at radius 1 is 1.42 bits per heavy atom. The SMILES string of the molecule is CCNC(=O)C1CCCN(CC2=NS(=O)(=O)c3ccccc3N2)C1. The quantitative estimate of drug-likeness (QED) is 0.847. The van der Waals surface area contributed by atoms with Crippen molar-refractivity contribution >= 4 is 27.5 Å². The molecule has 8 heteroatoms. The highest BCUT2D eigenvalue weighted by molar-refractivity contribution is 7.90. The van der Waals surface area contributed by atoms with E-state index in [0.29, 0.717) is 31.2 Å². The molecule has 130 valence electrons. The smallest absolute Gasteiger partial charge is 0.286 e. The largest absolute Gasteiger partial charge is 0.356 e. The van der Waals surface area contributed by atoms with Gasteiger partial charge in [-0.3, -0.25) is 9.69 Å². The van der Waals surface area contributed by atoms with E-state index in [1.165, 1.54) is 0 Å². The van der Waals surface area contributed by atoms with Gasteiger partial charge in [-0.2, -0.15) is 8.42 Å². The van der Waals surface area contributed by atoms with E-state index in [4.69, 9.17) is 0 Å². The zero-order chi connectivity index (χ0) is 17.2. The first kappa shape index (κ1) is 16.9. The zero-order valence-electron chi connectivity index (χ0n) is 13.7. The van der Waals surface area contributed by atoms with Crippen molar-refractivity contribution in [3.05, 3.63) is 24.3 Å². The topological polar surface area (TPSA) is 90.9 Å². The summed E-state index contributed by atoms with van der Waals surface area (Å²) in [5, 5.41) is 5.96. The summed E-state index contributed by atoms with van der Waals surface area (Å²) >= 11 is 0. The molecule has 0 aromatic heterocycles. The molecule has 1 saturated heterocycles. The van der Waals surface area contributed by atoms with Gasteiger partial charge >= 0.3 is 0 Å². The number of amidine groups is 1. The Morgan fingerprint density at radius 2 is 2.21 bits per heavy atom. The Morgan fingerprint density at radius 3 is 3.00 bits per heavy atom. The number of benzene rings is 1. The highest BCUT2D eigenvalue weighted by Gasteiger charge is 2.29. The number of fused-ring (bicyclic) bond motifs is 1. The lowest BCUT2D eigenvalue weighted by atomic mass is 9.97. The first-order valence-corrected chi connectivity index (χ1v) is 9.63. The number of piperidine rings is 1. The summed E-state index contributed by atoms with van der Waals surface area (Å²) in [5.41, 5.74) is 0.555. The molecular formula is C16H22N4O3S. The van der Waals surface area contributed by atoms with Crippen LogP contribution in [-0.2, 0) is 14.8 Å². The molecule has 1 aromatic carbocycles. The summed E-state index contributed by atoms with van der Waals surface area (Å²) in [7, 11) is -3.66. The predicted octanol–water partition coefficient (Wildman–Crippen LogP) is 1.05. The van der Waals surface area contributed by atoms with E-state index >= 15 is 0 Å². The predicted molar refractivity (Wildman–Crippen MR) is 92.5 cm³/mol. The molecule has 2 heterocycles. The number of anilines is 1. The molecule has 1 fully saturated rings. The number of carbonyl (C=O) groups is 1. The van der Waals surface area contributed by atoms with Gasteiger partial charge in [0.2, 0.25) is 5.91 Å². The Kier molecular flexibility index (Phi) is 4.86. The molecule has 1 amide bonds. The van der Waals surface area contributed by atoms with Gasteiger partial charge in [-0.15, -0.1) is 4.40 Å². The van der Waals surface area contributed by atoms with Gasteiger partial charge in [0.15, 0.2) is 0 Å². The molecule has 24 heavy (non-hydrogen) atoms. The van der Waals surface area contributed by atoms with Crippen molar-refractivity contribution in [2.75, 3.05) is 31.5 Å². The number of hydrogen-bond acceptors (Lipinski definition) is 5. The van der Waals surface area contributed by atoms with Crippen molar-refractivity contribution < 1.29 is 13.2 Å². The van der Waals surface area contributed by atoms with Crippen molar-refractivity contribution in [3.8, 4) is 0 Å².